The number of thioether (sulfide) groups is 1. The lowest BCUT2D eigenvalue weighted by molar-refractivity contribution is -0.137. The average Bonchev–Trinajstić information content (AvgIpc) is 2.98. The molecule has 0 aliphatic carbocycles. The number of anilines is 1. The van der Waals surface area contributed by atoms with Crippen molar-refractivity contribution in [2.24, 2.45) is 0 Å². The van der Waals surface area contributed by atoms with Gasteiger partial charge < -0.3 is 10.0 Å². The summed E-state index contributed by atoms with van der Waals surface area (Å²) < 4.78 is 0.484. The zero-order valence-corrected chi connectivity index (χ0v) is 17.2. The molecule has 2 heterocycles. The Morgan fingerprint density at radius 1 is 1.30 bits per heavy atom. The van der Waals surface area contributed by atoms with E-state index < -0.39 is 5.97 Å². The van der Waals surface area contributed by atoms with E-state index in [1.54, 1.807) is 0 Å². The minimum absolute atomic E-state index is 0.0252. The SMILES string of the molecule is CN1C(=CC=C2SC(=S)N(CCCC(=O)O)C2=O)C(C)(C)c2ccccc21. The molecule has 0 atom stereocenters. The molecule has 2 aliphatic heterocycles. The highest BCUT2D eigenvalue weighted by Crippen LogP contribution is 2.46. The van der Waals surface area contributed by atoms with Gasteiger partial charge in [0.15, 0.2) is 0 Å². The van der Waals surface area contributed by atoms with E-state index in [2.05, 4.69) is 30.9 Å². The fraction of sp³-hybridized carbons (Fsp3) is 0.350. The Morgan fingerprint density at radius 2 is 2.00 bits per heavy atom. The first kappa shape index (κ1) is 19.6. The number of carboxylic acids is 1. The van der Waals surface area contributed by atoms with E-state index in [9.17, 15) is 9.59 Å². The second-order valence-corrected chi connectivity index (χ2v) is 8.78. The number of nitrogens with zero attached hydrogens (tertiary/aromatic N) is 2. The maximum absolute atomic E-state index is 12.6. The van der Waals surface area contributed by atoms with Crippen molar-refractivity contribution in [1.29, 1.82) is 0 Å². The number of likely N-dealkylation sites (N-methyl/N-ethyl adjacent to an activating group) is 1. The fourth-order valence-electron chi connectivity index (χ4n) is 3.55. The van der Waals surface area contributed by atoms with Gasteiger partial charge >= 0.3 is 5.97 Å². The minimum atomic E-state index is -0.869. The largest absolute Gasteiger partial charge is 0.481 e. The molecule has 0 spiro atoms. The number of carbonyl (C=O) groups is 2. The number of allylic oxidation sites excluding steroid dienone is 3. The molecule has 142 valence electrons. The second-order valence-electron chi connectivity index (χ2n) is 7.11. The van der Waals surface area contributed by atoms with Gasteiger partial charge in [-0.3, -0.25) is 14.5 Å². The summed E-state index contributed by atoms with van der Waals surface area (Å²) in [7, 11) is 2.03. The number of amides is 1. The number of carboxylic acid groups (broad SMARTS) is 1. The molecule has 1 saturated heterocycles. The van der Waals surface area contributed by atoms with Crippen molar-refractivity contribution in [3.05, 3.63) is 52.6 Å². The molecule has 3 rings (SSSR count). The molecule has 0 saturated carbocycles. The van der Waals surface area contributed by atoms with Gasteiger partial charge in [0.1, 0.15) is 4.32 Å². The van der Waals surface area contributed by atoms with Gasteiger partial charge in [-0.25, -0.2) is 0 Å². The number of hydrogen-bond donors (Lipinski definition) is 1. The summed E-state index contributed by atoms with van der Waals surface area (Å²) >= 11 is 6.56. The van der Waals surface area contributed by atoms with Gasteiger partial charge in [0.05, 0.1) is 4.91 Å². The topological polar surface area (TPSA) is 60.9 Å². The first-order valence-corrected chi connectivity index (χ1v) is 9.97. The van der Waals surface area contributed by atoms with E-state index in [-0.39, 0.29) is 17.7 Å². The predicted molar refractivity (Wildman–Crippen MR) is 113 cm³/mol. The van der Waals surface area contributed by atoms with Crippen LogP contribution in [0, 0.1) is 0 Å². The molecule has 1 amide bonds. The Kier molecular flexibility index (Phi) is 5.44. The Morgan fingerprint density at radius 3 is 2.67 bits per heavy atom. The van der Waals surface area contributed by atoms with Gasteiger partial charge in [-0.1, -0.05) is 56.0 Å². The van der Waals surface area contributed by atoms with Crippen molar-refractivity contribution in [2.75, 3.05) is 18.5 Å². The first-order chi connectivity index (χ1) is 12.7. The number of rotatable bonds is 5. The van der Waals surface area contributed by atoms with Crippen molar-refractivity contribution in [3.63, 3.8) is 0 Å². The first-order valence-electron chi connectivity index (χ1n) is 8.74. The molecule has 7 heteroatoms. The summed E-state index contributed by atoms with van der Waals surface area (Å²) in [6.45, 7) is 4.68. The number of thiocarbonyl (C=S) groups is 1. The maximum atomic E-state index is 12.6. The van der Waals surface area contributed by atoms with Crippen molar-refractivity contribution >= 4 is 45.9 Å². The molecule has 5 nitrogen and oxygen atoms in total. The van der Waals surface area contributed by atoms with Crippen LogP contribution >= 0.6 is 24.0 Å². The van der Waals surface area contributed by atoms with Gasteiger partial charge in [0.2, 0.25) is 0 Å². The van der Waals surface area contributed by atoms with Crippen molar-refractivity contribution in [2.45, 2.75) is 32.1 Å². The Bertz CT molecular complexity index is 874. The zero-order chi connectivity index (χ0) is 19.8. The van der Waals surface area contributed by atoms with Crippen LogP contribution in [-0.2, 0) is 15.0 Å². The summed E-state index contributed by atoms with van der Waals surface area (Å²) in [5.74, 6) is -1.02. The maximum Gasteiger partial charge on any atom is 0.303 e. The third-order valence-electron chi connectivity index (χ3n) is 4.98. The number of fused-ring (bicyclic) bond motifs is 1. The Hall–Kier alpha value is -2.12. The Labute approximate surface area is 168 Å². The van der Waals surface area contributed by atoms with Crippen LogP contribution in [0.4, 0.5) is 5.69 Å². The van der Waals surface area contributed by atoms with Crippen LogP contribution in [0.25, 0.3) is 0 Å². The highest BCUT2D eigenvalue weighted by atomic mass is 32.2. The lowest BCUT2D eigenvalue weighted by Crippen LogP contribution is -2.29. The van der Waals surface area contributed by atoms with E-state index in [1.807, 2.05) is 31.3 Å². The number of para-hydroxylation sites is 1. The fourth-order valence-corrected chi connectivity index (χ4v) is 4.80. The van der Waals surface area contributed by atoms with E-state index >= 15 is 0 Å². The van der Waals surface area contributed by atoms with E-state index in [0.29, 0.717) is 22.2 Å². The summed E-state index contributed by atoms with van der Waals surface area (Å²) in [6.07, 6.45) is 4.23. The summed E-state index contributed by atoms with van der Waals surface area (Å²) in [6, 6.07) is 8.30. The number of hydrogen-bond acceptors (Lipinski definition) is 5. The van der Waals surface area contributed by atoms with Crippen LogP contribution in [0.15, 0.2) is 47.0 Å². The van der Waals surface area contributed by atoms with Crippen LogP contribution in [0.1, 0.15) is 32.3 Å². The number of carbonyl (C=O) groups excluding carboxylic acids is 1. The molecule has 0 radical (unpaired) electrons. The molecule has 0 bridgehead atoms. The van der Waals surface area contributed by atoms with Gasteiger partial charge in [0.25, 0.3) is 5.91 Å². The summed E-state index contributed by atoms with van der Waals surface area (Å²) in [5, 5.41) is 8.76. The number of aliphatic carboxylic acids is 1. The summed E-state index contributed by atoms with van der Waals surface area (Å²) in [5.41, 5.74) is 3.38. The van der Waals surface area contributed by atoms with Crippen molar-refractivity contribution < 1.29 is 14.7 Å². The van der Waals surface area contributed by atoms with Crippen molar-refractivity contribution in [1.82, 2.24) is 4.90 Å². The van der Waals surface area contributed by atoms with Crippen LogP contribution in [0.2, 0.25) is 0 Å². The molecule has 1 aromatic rings. The van der Waals surface area contributed by atoms with Crippen LogP contribution in [0.5, 0.6) is 0 Å². The molecule has 1 N–H and O–H groups in total. The highest BCUT2D eigenvalue weighted by Gasteiger charge is 2.38. The Balaban J connectivity index is 1.81. The normalized spacial score (nSPS) is 21.4. The predicted octanol–water partition coefficient (Wildman–Crippen LogP) is 3.91. The lowest BCUT2D eigenvalue weighted by Gasteiger charge is -2.23. The molecule has 0 aromatic heterocycles. The van der Waals surface area contributed by atoms with Crippen LogP contribution in [0.3, 0.4) is 0 Å². The molecule has 2 aliphatic rings. The van der Waals surface area contributed by atoms with Gasteiger partial charge in [-0.2, -0.15) is 0 Å². The van der Waals surface area contributed by atoms with E-state index in [0.717, 1.165) is 5.70 Å². The molecule has 1 aromatic carbocycles. The van der Waals surface area contributed by atoms with Crippen LogP contribution < -0.4 is 4.90 Å². The molecule has 1 fully saturated rings. The van der Waals surface area contributed by atoms with Gasteiger partial charge in [0, 0.05) is 36.8 Å². The third kappa shape index (κ3) is 3.66. The van der Waals surface area contributed by atoms with E-state index in [4.69, 9.17) is 17.3 Å². The highest BCUT2D eigenvalue weighted by molar-refractivity contribution is 8.26. The smallest absolute Gasteiger partial charge is 0.303 e. The molecular formula is C20H22N2O3S2. The lowest BCUT2D eigenvalue weighted by atomic mass is 9.84. The van der Waals surface area contributed by atoms with Crippen molar-refractivity contribution in [3.8, 4) is 0 Å². The standard InChI is InChI=1S/C20H22N2O3S2/c1-20(2)13-7-4-5-8-14(13)21(3)16(20)11-10-15-18(25)22(19(26)27-15)12-6-9-17(23)24/h4-5,7-8,10-11H,6,9,12H2,1-3H3,(H,23,24). The van der Waals surface area contributed by atoms with Gasteiger partial charge in [-0.15, -0.1) is 0 Å². The molecule has 0 unspecified atom stereocenters. The van der Waals surface area contributed by atoms with Crippen LogP contribution in [-0.4, -0.2) is 39.8 Å². The second kappa shape index (κ2) is 7.48. The summed E-state index contributed by atoms with van der Waals surface area (Å²) in [4.78, 5) is 27.5. The minimum Gasteiger partial charge on any atom is -0.481 e. The monoisotopic (exact) mass is 402 g/mol. The van der Waals surface area contributed by atoms with E-state index in [1.165, 1.54) is 27.9 Å². The number of benzene rings is 1. The average molecular weight is 403 g/mol. The third-order valence-corrected chi connectivity index (χ3v) is 6.37. The zero-order valence-electron chi connectivity index (χ0n) is 15.6. The molecule has 27 heavy (non-hydrogen) atoms. The molecular weight excluding hydrogens is 380 g/mol. The quantitative estimate of drug-likeness (QED) is 0.595. The van der Waals surface area contributed by atoms with Gasteiger partial charge in [-0.05, 0) is 30.2 Å².